The van der Waals surface area contributed by atoms with Crippen molar-refractivity contribution in [1.29, 1.82) is 0 Å². The van der Waals surface area contributed by atoms with E-state index in [-0.39, 0.29) is 0 Å². The Balaban J connectivity index is 2.54. The first-order chi connectivity index (χ1) is 4.20. The fourth-order valence-electron chi connectivity index (χ4n) is 0.754. The molecule has 0 spiro atoms. The molecule has 1 unspecified atom stereocenters. The average Bonchev–Trinajstić information content (AvgIpc) is 1.80. The molecule has 0 fully saturated rings. The van der Waals surface area contributed by atoms with Crippen LogP contribution in [0.25, 0.3) is 0 Å². The molecule has 0 amide bonds. The van der Waals surface area contributed by atoms with E-state index < -0.39 is 0 Å². The van der Waals surface area contributed by atoms with Gasteiger partial charge in [0.25, 0.3) is 0 Å². The van der Waals surface area contributed by atoms with Crippen LogP contribution in [0.5, 0.6) is 0 Å². The van der Waals surface area contributed by atoms with Gasteiger partial charge in [-0.3, -0.25) is 9.32 Å². The molecule has 2 nitrogen and oxygen atoms in total. The lowest BCUT2D eigenvalue weighted by Crippen LogP contribution is -2.37. The molecule has 1 aliphatic heterocycles. The highest BCUT2D eigenvalue weighted by molar-refractivity contribution is 6.14. The van der Waals surface area contributed by atoms with Crippen molar-refractivity contribution >= 4 is 11.8 Å². The zero-order valence-corrected chi connectivity index (χ0v) is 6.47. The summed E-state index contributed by atoms with van der Waals surface area (Å²) in [6.45, 7) is 2.94. The lowest BCUT2D eigenvalue weighted by Gasteiger charge is -2.29. The van der Waals surface area contributed by atoms with Gasteiger partial charge in [-0.2, -0.15) is 0 Å². The number of hydrogen-bond acceptors (Lipinski definition) is 2. The molecular weight excluding hydrogens is 136 g/mol. The molecule has 0 saturated carbocycles. The minimum absolute atomic E-state index is 0.514. The molecule has 1 heterocycles. The Morgan fingerprint density at radius 2 is 2.33 bits per heavy atom. The highest BCUT2D eigenvalue weighted by atomic mass is 35.5. The van der Waals surface area contributed by atoms with Crippen LogP contribution in [-0.4, -0.2) is 29.1 Å². The van der Waals surface area contributed by atoms with E-state index >= 15 is 0 Å². The van der Waals surface area contributed by atoms with Crippen LogP contribution in [-0.2, 0) is 0 Å². The van der Waals surface area contributed by atoms with Crippen LogP contribution < -0.4 is 0 Å². The van der Waals surface area contributed by atoms with Crippen molar-refractivity contribution < 1.29 is 0 Å². The van der Waals surface area contributed by atoms with Crippen molar-refractivity contribution in [3.63, 3.8) is 0 Å². The van der Waals surface area contributed by atoms with E-state index in [1.54, 1.807) is 4.42 Å². The fraction of sp³-hybridized carbons (Fsp3) is 0.667. The largest absolute Gasteiger partial charge is 0.282 e. The van der Waals surface area contributed by atoms with E-state index in [1.165, 1.54) is 0 Å². The first-order valence-corrected chi connectivity index (χ1v) is 3.35. The van der Waals surface area contributed by atoms with E-state index in [1.807, 2.05) is 13.2 Å². The molecule has 0 N–H and O–H groups in total. The van der Waals surface area contributed by atoms with Gasteiger partial charge in [0.05, 0.1) is 6.67 Å². The molecule has 0 radical (unpaired) electrons. The molecule has 1 rings (SSSR count). The quantitative estimate of drug-likeness (QED) is 0.475. The summed E-state index contributed by atoms with van der Waals surface area (Å²) in [5.41, 5.74) is 0. The predicted octanol–water partition coefficient (Wildman–Crippen LogP) is 1.25. The molecule has 0 saturated heterocycles. The molecule has 0 aromatic rings. The first kappa shape index (κ1) is 6.90. The van der Waals surface area contributed by atoms with E-state index in [4.69, 9.17) is 11.8 Å². The van der Waals surface area contributed by atoms with Crippen molar-refractivity contribution in [3.05, 3.63) is 12.3 Å². The lowest BCUT2D eigenvalue weighted by molar-refractivity contribution is 0.221. The van der Waals surface area contributed by atoms with Crippen LogP contribution in [0, 0.1) is 0 Å². The Morgan fingerprint density at radius 3 is 2.78 bits per heavy atom. The summed E-state index contributed by atoms with van der Waals surface area (Å²) in [6, 6.07) is 0.514. The molecule has 0 aromatic carbocycles. The van der Waals surface area contributed by atoms with Crippen molar-refractivity contribution in [2.75, 3.05) is 13.7 Å². The Labute approximate surface area is 60.8 Å². The van der Waals surface area contributed by atoms with Crippen LogP contribution >= 0.6 is 11.8 Å². The third kappa shape index (κ3) is 1.60. The zero-order chi connectivity index (χ0) is 6.85. The van der Waals surface area contributed by atoms with Gasteiger partial charge in [-0.25, -0.2) is 0 Å². The van der Waals surface area contributed by atoms with Crippen LogP contribution in [0.4, 0.5) is 0 Å². The Bertz CT molecular complexity index is 124. The predicted molar refractivity (Wildman–Crippen MR) is 38.9 cm³/mol. The third-order valence-electron chi connectivity index (χ3n) is 1.58. The van der Waals surface area contributed by atoms with E-state index in [9.17, 15) is 0 Å². The summed E-state index contributed by atoms with van der Waals surface area (Å²) < 4.78 is 1.64. The summed E-state index contributed by atoms with van der Waals surface area (Å²) in [5.74, 6) is 0. The summed E-state index contributed by atoms with van der Waals surface area (Å²) >= 11 is 5.68. The standard InChI is InChI=1S/C6H11ClN2/c1-6-3-4-9(7)5-8(6)2/h3-4,6H,5H2,1-2H3. The van der Waals surface area contributed by atoms with Gasteiger partial charge in [-0.1, -0.05) is 6.08 Å². The first-order valence-electron chi connectivity index (χ1n) is 3.01. The van der Waals surface area contributed by atoms with Crippen LogP contribution in [0.15, 0.2) is 12.3 Å². The van der Waals surface area contributed by atoms with Crippen molar-refractivity contribution in [1.82, 2.24) is 9.32 Å². The SMILES string of the molecule is CC1C=CN(Cl)CN1C. The highest BCUT2D eigenvalue weighted by Gasteiger charge is 2.11. The summed E-state index contributed by atoms with van der Waals surface area (Å²) in [7, 11) is 2.05. The molecule has 0 aromatic heterocycles. The summed E-state index contributed by atoms with van der Waals surface area (Å²) in [5, 5.41) is 0. The van der Waals surface area contributed by atoms with Gasteiger partial charge >= 0.3 is 0 Å². The average molecular weight is 147 g/mol. The molecule has 0 bridgehead atoms. The minimum Gasteiger partial charge on any atom is -0.282 e. The minimum atomic E-state index is 0.514. The highest BCUT2D eigenvalue weighted by Crippen LogP contribution is 2.08. The van der Waals surface area contributed by atoms with Gasteiger partial charge in [-0.15, -0.1) is 0 Å². The molecule has 0 aliphatic carbocycles. The zero-order valence-electron chi connectivity index (χ0n) is 5.71. The van der Waals surface area contributed by atoms with Gasteiger partial charge in [0.2, 0.25) is 0 Å². The topological polar surface area (TPSA) is 6.48 Å². The Hall–Kier alpha value is -0.210. The smallest absolute Gasteiger partial charge is 0.0863 e. The second-order valence-corrected chi connectivity index (χ2v) is 2.81. The van der Waals surface area contributed by atoms with Gasteiger partial charge < -0.3 is 0 Å². The van der Waals surface area contributed by atoms with Crippen molar-refractivity contribution in [2.45, 2.75) is 13.0 Å². The number of rotatable bonds is 0. The maximum Gasteiger partial charge on any atom is 0.0863 e. The van der Waals surface area contributed by atoms with E-state index in [0.29, 0.717) is 6.04 Å². The molecule has 52 valence electrons. The van der Waals surface area contributed by atoms with Crippen molar-refractivity contribution in [3.8, 4) is 0 Å². The van der Waals surface area contributed by atoms with E-state index in [2.05, 4.69) is 17.9 Å². The molecule has 3 heteroatoms. The Kier molecular flexibility index (Phi) is 1.98. The fourth-order valence-corrected chi connectivity index (χ4v) is 0.988. The van der Waals surface area contributed by atoms with Crippen LogP contribution in [0.3, 0.4) is 0 Å². The molecule has 1 aliphatic rings. The number of nitrogens with zero attached hydrogens (tertiary/aromatic N) is 2. The number of likely N-dealkylation sites (N-methyl/N-ethyl adjacent to an activating group) is 1. The summed E-state index contributed by atoms with van der Waals surface area (Å²) in [4.78, 5) is 2.16. The second-order valence-electron chi connectivity index (χ2n) is 2.38. The van der Waals surface area contributed by atoms with Crippen LogP contribution in [0.1, 0.15) is 6.92 Å². The number of halogens is 1. The van der Waals surface area contributed by atoms with Gasteiger partial charge in [0.15, 0.2) is 0 Å². The Morgan fingerprint density at radius 1 is 1.67 bits per heavy atom. The number of hydrogen-bond donors (Lipinski definition) is 0. The lowest BCUT2D eigenvalue weighted by atomic mass is 10.3. The van der Waals surface area contributed by atoms with Gasteiger partial charge in [0, 0.05) is 24.0 Å². The second kappa shape index (κ2) is 2.58. The third-order valence-corrected chi connectivity index (χ3v) is 1.80. The summed E-state index contributed by atoms with van der Waals surface area (Å²) in [6.07, 6.45) is 3.96. The maximum absolute atomic E-state index is 5.68. The molecular formula is C6H11ClN2. The van der Waals surface area contributed by atoms with Gasteiger partial charge in [0.1, 0.15) is 0 Å². The van der Waals surface area contributed by atoms with E-state index in [0.717, 1.165) is 6.67 Å². The monoisotopic (exact) mass is 146 g/mol. The normalized spacial score (nSPS) is 29.2. The molecule has 9 heavy (non-hydrogen) atoms. The van der Waals surface area contributed by atoms with Crippen LogP contribution in [0.2, 0.25) is 0 Å². The molecule has 1 atom stereocenters. The maximum atomic E-state index is 5.68. The van der Waals surface area contributed by atoms with Gasteiger partial charge in [-0.05, 0) is 14.0 Å². The van der Waals surface area contributed by atoms with Crippen molar-refractivity contribution in [2.24, 2.45) is 0 Å².